The van der Waals surface area contributed by atoms with Gasteiger partial charge in [-0.25, -0.2) is 8.42 Å². The van der Waals surface area contributed by atoms with Gasteiger partial charge in [-0.2, -0.15) is 4.31 Å². The van der Waals surface area contributed by atoms with Crippen LogP contribution in [-0.2, 0) is 23.1 Å². The average molecular weight is 478 g/mol. The molecule has 178 valence electrons. The summed E-state index contributed by atoms with van der Waals surface area (Å²) in [5.74, 6) is -0.0980. The molecule has 34 heavy (non-hydrogen) atoms. The fraction of sp³-hybridized carbons (Fsp3) is 0.296. The van der Waals surface area contributed by atoms with Crippen molar-refractivity contribution in [2.24, 2.45) is 0 Å². The van der Waals surface area contributed by atoms with Gasteiger partial charge in [0.25, 0.3) is 5.91 Å². The second kappa shape index (κ2) is 10.5. The summed E-state index contributed by atoms with van der Waals surface area (Å²) in [6, 6.07) is 22.7. The van der Waals surface area contributed by atoms with Crippen LogP contribution in [0.4, 0.5) is 0 Å². The fourth-order valence-electron chi connectivity index (χ4n) is 4.14. The van der Waals surface area contributed by atoms with E-state index >= 15 is 0 Å². The summed E-state index contributed by atoms with van der Waals surface area (Å²) in [7, 11) is -3.47. The van der Waals surface area contributed by atoms with Crippen LogP contribution in [0.1, 0.15) is 32.6 Å². The van der Waals surface area contributed by atoms with Crippen molar-refractivity contribution < 1.29 is 13.2 Å². The van der Waals surface area contributed by atoms with E-state index in [9.17, 15) is 13.2 Å². The molecule has 1 aliphatic heterocycles. The van der Waals surface area contributed by atoms with Crippen LogP contribution in [0.15, 0.2) is 77.7 Å². The number of hydrogen-bond donors (Lipinski definition) is 1. The highest BCUT2D eigenvalue weighted by molar-refractivity contribution is 7.89. The lowest BCUT2D eigenvalue weighted by Gasteiger charge is -2.34. The predicted molar refractivity (Wildman–Crippen MR) is 134 cm³/mol. The van der Waals surface area contributed by atoms with Crippen LogP contribution in [0.25, 0.3) is 0 Å². The monoisotopic (exact) mass is 477 g/mol. The van der Waals surface area contributed by atoms with Gasteiger partial charge in [0.05, 0.1) is 4.90 Å². The van der Waals surface area contributed by atoms with E-state index in [0.717, 1.165) is 22.3 Å². The molecule has 0 spiro atoms. The van der Waals surface area contributed by atoms with Crippen LogP contribution < -0.4 is 5.32 Å². The molecule has 3 aromatic rings. The van der Waals surface area contributed by atoms with Crippen LogP contribution in [0.2, 0.25) is 0 Å². The van der Waals surface area contributed by atoms with Crippen molar-refractivity contribution in [3.8, 4) is 0 Å². The number of benzene rings is 3. The number of carbonyl (C=O) groups is 1. The summed E-state index contributed by atoms with van der Waals surface area (Å²) in [5.41, 5.74) is 4.96. The molecular weight excluding hydrogens is 446 g/mol. The van der Waals surface area contributed by atoms with Gasteiger partial charge in [0.15, 0.2) is 0 Å². The summed E-state index contributed by atoms with van der Waals surface area (Å²) in [4.78, 5) is 15.3. The minimum atomic E-state index is -3.47. The smallest absolute Gasteiger partial charge is 0.251 e. The number of nitrogens with one attached hydrogen (secondary N) is 1. The van der Waals surface area contributed by atoms with Crippen molar-refractivity contribution >= 4 is 15.9 Å². The Morgan fingerprint density at radius 3 is 2.29 bits per heavy atom. The Kier molecular flexibility index (Phi) is 7.46. The molecule has 0 atom stereocenters. The molecule has 0 bridgehead atoms. The van der Waals surface area contributed by atoms with E-state index in [-0.39, 0.29) is 5.91 Å². The van der Waals surface area contributed by atoms with Gasteiger partial charge in [-0.1, -0.05) is 54.1 Å². The van der Waals surface area contributed by atoms with E-state index < -0.39 is 10.0 Å². The fourth-order valence-corrected chi connectivity index (χ4v) is 5.56. The molecule has 0 radical (unpaired) electrons. The molecule has 4 rings (SSSR count). The van der Waals surface area contributed by atoms with Crippen LogP contribution in [0.5, 0.6) is 0 Å². The molecule has 1 saturated heterocycles. The SMILES string of the molecule is Cc1ccc(S(=O)(=O)N2CCN(Cc3cccc(C(=O)NCc4ccccc4C)c3)CC2)cc1. The molecule has 0 unspecified atom stereocenters. The van der Waals surface area contributed by atoms with E-state index in [1.165, 1.54) is 0 Å². The minimum Gasteiger partial charge on any atom is -0.348 e. The first-order valence-corrected chi connectivity index (χ1v) is 13.0. The van der Waals surface area contributed by atoms with Crippen LogP contribution >= 0.6 is 0 Å². The van der Waals surface area contributed by atoms with Crippen molar-refractivity contribution in [1.29, 1.82) is 0 Å². The van der Waals surface area contributed by atoms with E-state index in [2.05, 4.69) is 10.2 Å². The summed E-state index contributed by atoms with van der Waals surface area (Å²) in [6.07, 6.45) is 0. The summed E-state index contributed by atoms with van der Waals surface area (Å²) >= 11 is 0. The maximum atomic E-state index is 12.9. The molecule has 1 amide bonds. The summed E-state index contributed by atoms with van der Waals surface area (Å²) in [5, 5.41) is 3.00. The largest absolute Gasteiger partial charge is 0.348 e. The first kappa shape index (κ1) is 24.1. The molecule has 1 fully saturated rings. The lowest BCUT2D eigenvalue weighted by Crippen LogP contribution is -2.48. The maximum Gasteiger partial charge on any atom is 0.251 e. The predicted octanol–water partition coefficient (Wildman–Crippen LogP) is 3.74. The highest BCUT2D eigenvalue weighted by atomic mass is 32.2. The number of nitrogens with zero attached hydrogens (tertiary/aromatic N) is 2. The van der Waals surface area contributed by atoms with Crippen molar-refractivity contribution in [1.82, 2.24) is 14.5 Å². The molecule has 7 heteroatoms. The van der Waals surface area contributed by atoms with E-state index in [4.69, 9.17) is 0 Å². The summed E-state index contributed by atoms with van der Waals surface area (Å²) < 4.78 is 27.4. The van der Waals surface area contributed by atoms with Gasteiger partial charge in [-0.15, -0.1) is 0 Å². The molecule has 0 aliphatic carbocycles. The van der Waals surface area contributed by atoms with Gasteiger partial charge < -0.3 is 5.32 Å². The van der Waals surface area contributed by atoms with Crippen molar-refractivity contribution in [3.63, 3.8) is 0 Å². The second-order valence-electron chi connectivity index (χ2n) is 8.80. The molecule has 1 heterocycles. The lowest BCUT2D eigenvalue weighted by molar-refractivity contribution is 0.0950. The molecule has 3 aromatic carbocycles. The number of aryl methyl sites for hydroxylation is 2. The number of sulfonamides is 1. The Hall–Kier alpha value is -3.00. The minimum absolute atomic E-state index is 0.0980. The van der Waals surface area contributed by atoms with Crippen LogP contribution in [-0.4, -0.2) is 49.7 Å². The van der Waals surface area contributed by atoms with Gasteiger partial charge in [0, 0.05) is 44.8 Å². The Balaban J connectivity index is 1.33. The quantitative estimate of drug-likeness (QED) is 0.563. The number of hydrogen-bond acceptors (Lipinski definition) is 4. The molecule has 0 aromatic heterocycles. The summed E-state index contributed by atoms with van der Waals surface area (Å²) in [6.45, 7) is 7.35. The number of carbonyl (C=O) groups excluding carboxylic acids is 1. The Bertz CT molecular complexity index is 1250. The third kappa shape index (κ3) is 5.73. The molecular formula is C27H31N3O3S. The highest BCUT2D eigenvalue weighted by Crippen LogP contribution is 2.19. The number of rotatable bonds is 7. The zero-order valence-corrected chi connectivity index (χ0v) is 20.5. The lowest BCUT2D eigenvalue weighted by atomic mass is 10.1. The van der Waals surface area contributed by atoms with Gasteiger partial charge in [-0.3, -0.25) is 9.69 Å². The topological polar surface area (TPSA) is 69.7 Å². The Labute approximate surface area is 202 Å². The van der Waals surface area contributed by atoms with Crippen LogP contribution in [0.3, 0.4) is 0 Å². The molecule has 1 aliphatic rings. The maximum absolute atomic E-state index is 12.9. The zero-order chi connectivity index (χ0) is 24.1. The average Bonchev–Trinajstić information content (AvgIpc) is 2.84. The van der Waals surface area contributed by atoms with Crippen molar-refractivity contribution in [2.75, 3.05) is 26.2 Å². The third-order valence-electron chi connectivity index (χ3n) is 6.29. The van der Waals surface area contributed by atoms with E-state index in [1.54, 1.807) is 16.4 Å². The van der Waals surface area contributed by atoms with Gasteiger partial charge in [-0.05, 0) is 54.8 Å². The van der Waals surface area contributed by atoms with Crippen molar-refractivity contribution in [2.45, 2.75) is 31.8 Å². The number of amides is 1. The van der Waals surface area contributed by atoms with Crippen molar-refractivity contribution in [3.05, 3.63) is 101 Å². The van der Waals surface area contributed by atoms with Crippen LogP contribution in [0, 0.1) is 13.8 Å². The molecule has 0 saturated carbocycles. The number of piperazine rings is 1. The third-order valence-corrected chi connectivity index (χ3v) is 8.20. The molecule has 6 nitrogen and oxygen atoms in total. The normalized spacial score (nSPS) is 15.2. The van der Waals surface area contributed by atoms with Gasteiger partial charge >= 0.3 is 0 Å². The Morgan fingerprint density at radius 1 is 0.882 bits per heavy atom. The van der Waals surface area contributed by atoms with E-state index in [1.807, 2.05) is 74.5 Å². The zero-order valence-electron chi connectivity index (χ0n) is 19.7. The van der Waals surface area contributed by atoms with Gasteiger partial charge in [0.1, 0.15) is 0 Å². The molecule has 1 N–H and O–H groups in total. The Morgan fingerprint density at radius 2 is 1.59 bits per heavy atom. The van der Waals surface area contributed by atoms with E-state index in [0.29, 0.717) is 49.7 Å². The highest BCUT2D eigenvalue weighted by Gasteiger charge is 2.28. The first-order chi connectivity index (χ1) is 16.3. The first-order valence-electron chi connectivity index (χ1n) is 11.5. The standard InChI is InChI=1S/C27H31N3O3S/c1-21-10-12-26(13-11-21)34(32,33)30-16-14-29(15-17-30)20-23-7-5-9-24(18-23)27(31)28-19-25-8-4-3-6-22(25)2/h3-13,18H,14-17,19-20H2,1-2H3,(H,28,31). The second-order valence-corrected chi connectivity index (χ2v) is 10.7. The van der Waals surface area contributed by atoms with Gasteiger partial charge in [0.2, 0.25) is 10.0 Å².